The molecule has 0 aromatic heterocycles. The summed E-state index contributed by atoms with van der Waals surface area (Å²) in [7, 11) is 5.83. The first-order chi connectivity index (χ1) is 10.3. The third kappa shape index (κ3) is 5.41. The van der Waals surface area contributed by atoms with Crippen LogP contribution in [0.5, 0.6) is 0 Å². The normalized spacial score (nSPS) is 14.9. The molecule has 3 heteroatoms. The Balaban J connectivity index is 2.90. The number of allylic oxidation sites excluding steroid dienone is 3. The lowest BCUT2D eigenvalue weighted by Gasteiger charge is -2.22. The molecule has 0 saturated carbocycles. The Morgan fingerprint density at radius 1 is 1.23 bits per heavy atom. The molecule has 2 unspecified atom stereocenters. The van der Waals surface area contributed by atoms with E-state index in [4.69, 9.17) is 10.5 Å². The second-order valence-electron chi connectivity index (χ2n) is 5.82. The van der Waals surface area contributed by atoms with Gasteiger partial charge in [-0.3, -0.25) is 0 Å². The average molecular weight is 300 g/mol. The van der Waals surface area contributed by atoms with E-state index in [1.165, 1.54) is 11.3 Å². The molecule has 22 heavy (non-hydrogen) atoms. The van der Waals surface area contributed by atoms with Gasteiger partial charge in [0.1, 0.15) is 0 Å². The van der Waals surface area contributed by atoms with Crippen molar-refractivity contribution in [1.29, 1.82) is 0 Å². The van der Waals surface area contributed by atoms with Crippen molar-refractivity contribution in [2.24, 2.45) is 11.7 Å². The van der Waals surface area contributed by atoms with Crippen molar-refractivity contribution in [3.05, 3.63) is 65.9 Å². The predicted molar refractivity (Wildman–Crippen MR) is 95.9 cm³/mol. The number of hydrogen-bond donors (Lipinski definition) is 1. The standard InChI is InChI=1S/C19H28N2O/c1-14(7-8-16(3)20)13-15(2)19(22-6)17-9-11-18(12-10-17)21(4)5/h7-13,15,19H,3,20H2,1-2,4-6H3/b8-7+,14-13+. The summed E-state index contributed by atoms with van der Waals surface area (Å²) >= 11 is 0. The molecular formula is C19H28N2O. The van der Waals surface area contributed by atoms with Crippen LogP contribution in [0.1, 0.15) is 25.5 Å². The SMILES string of the molecule is C=C(N)/C=C/C(C)=C/C(C)C(OC)c1ccc(N(C)C)cc1. The molecule has 0 aliphatic rings. The Labute approximate surface area is 134 Å². The van der Waals surface area contributed by atoms with Crippen molar-refractivity contribution in [2.45, 2.75) is 20.0 Å². The summed E-state index contributed by atoms with van der Waals surface area (Å²) in [6, 6.07) is 8.48. The Hall–Kier alpha value is -2.00. The highest BCUT2D eigenvalue weighted by Gasteiger charge is 2.17. The molecule has 2 N–H and O–H groups in total. The lowest BCUT2D eigenvalue weighted by atomic mass is 9.95. The molecule has 120 valence electrons. The fraction of sp³-hybridized carbons (Fsp3) is 0.368. The lowest BCUT2D eigenvalue weighted by Crippen LogP contribution is -2.12. The number of rotatable bonds is 7. The largest absolute Gasteiger partial charge is 0.399 e. The van der Waals surface area contributed by atoms with Gasteiger partial charge in [0.2, 0.25) is 0 Å². The van der Waals surface area contributed by atoms with Gasteiger partial charge >= 0.3 is 0 Å². The van der Waals surface area contributed by atoms with Gasteiger partial charge < -0.3 is 15.4 Å². The van der Waals surface area contributed by atoms with E-state index in [0.717, 1.165) is 5.57 Å². The number of benzene rings is 1. The average Bonchev–Trinajstić information content (AvgIpc) is 2.46. The van der Waals surface area contributed by atoms with Gasteiger partial charge in [-0.25, -0.2) is 0 Å². The first-order valence-corrected chi connectivity index (χ1v) is 7.46. The Bertz CT molecular complexity index is 541. The smallest absolute Gasteiger partial charge is 0.0881 e. The number of ether oxygens (including phenoxy) is 1. The summed E-state index contributed by atoms with van der Waals surface area (Å²) in [5, 5.41) is 0. The Kier molecular flexibility index (Phi) is 6.93. The molecule has 0 aliphatic carbocycles. The Morgan fingerprint density at radius 2 is 1.82 bits per heavy atom. The molecule has 3 nitrogen and oxygen atoms in total. The van der Waals surface area contributed by atoms with Crippen LogP contribution in [0.4, 0.5) is 5.69 Å². The topological polar surface area (TPSA) is 38.5 Å². The van der Waals surface area contributed by atoms with Gasteiger partial charge in [0.15, 0.2) is 0 Å². The first-order valence-electron chi connectivity index (χ1n) is 7.46. The van der Waals surface area contributed by atoms with Gasteiger partial charge in [0, 0.05) is 38.5 Å². The Morgan fingerprint density at radius 3 is 2.27 bits per heavy atom. The van der Waals surface area contributed by atoms with Gasteiger partial charge in [0.25, 0.3) is 0 Å². The zero-order chi connectivity index (χ0) is 16.7. The fourth-order valence-corrected chi connectivity index (χ4v) is 2.41. The van der Waals surface area contributed by atoms with Gasteiger partial charge in [-0.2, -0.15) is 0 Å². The number of anilines is 1. The number of hydrogen-bond acceptors (Lipinski definition) is 3. The van der Waals surface area contributed by atoms with E-state index < -0.39 is 0 Å². The van der Waals surface area contributed by atoms with Crippen molar-refractivity contribution < 1.29 is 4.74 Å². The van der Waals surface area contributed by atoms with Gasteiger partial charge in [0.05, 0.1) is 6.10 Å². The monoisotopic (exact) mass is 300 g/mol. The van der Waals surface area contributed by atoms with Crippen molar-refractivity contribution in [3.8, 4) is 0 Å². The van der Waals surface area contributed by atoms with Crippen LogP contribution in [0, 0.1) is 5.92 Å². The summed E-state index contributed by atoms with van der Waals surface area (Å²) in [5.41, 5.74) is 9.61. The predicted octanol–water partition coefficient (Wildman–Crippen LogP) is 4.05. The summed E-state index contributed by atoms with van der Waals surface area (Å²) < 4.78 is 5.70. The van der Waals surface area contributed by atoms with E-state index in [1.54, 1.807) is 7.11 Å². The van der Waals surface area contributed by atoms with Crippen molar-refractivity contribution in [3.63, 3.8) is 0 Å². The second-order valence-corrected chi connectivity index (χ2v) is 5.82. The zero-order valence-corrected chi connectivity index (χ0v) is 14.3. The van der Waals surface area contributed by atoms with Crippen molar-refractivity contribution >= 4 is 5.69 Å². The lowest BCUT2D eigenvalue weighted by molar-refractivity contribution is 0.0740. The van der Waals surface area contributed by atoms with Crippen LogP contribution in [0.25, 0.3) is 0 Å². The van der Waals surface area contributed by atoms with Crippen molar-refractivity contribution in [2.75, 3.05) is 26.1 Å². The molecule has 0 heterocycles. The molecule has 0 saturated heterocycles. The van der Waals surface area contributed by atoms with Gasteiger partial charge in [-0.1, -0.05) is 43.4 Å². The maximum atomic E-state index is 5.70. The maximum absolute atomic E-state index is 5.70. The van der Waals surface area contributed by atoms with Crippen LogP contribution in [-0.4, -0.2) is 21.2 Å². The minimum absolute atomic E-state index is 0.0284. The van der Waals surface area contributed by atoms with Crippen LogP contribution >= 0.6 is 0 Å². The number of methoxy groups -OCH3 is 1. The highest BCUT2D eigenvalue weighted by molar-refractivity contribution is 5.46. The molecule has 0 fully saturated rings. The van der Waals surface area contributed by atoms with Crippen LogP contribution in [-0.2, 0) is 4.74 Å². The second kappa shape index (κ2) is 8.44. The summed E-state index contributed by atoms with van der Waals surface area (Å²) in [6.07, 6.45) is 6.00. The molecule has 0 aliphatic heterocycles. The van der Waals surface area contributed by atoms with Crippen molar-refractivity contribution in [1.82, 2.24) is 0 Å². The van der Waals surface area contributed by atoms with E-state index in [9.17, 15) is 0 Å². The molecule has 2 atom stereocenters. The number of nitrogens with two attached hydrogens (primary N) is 1. The van der Waals surface area contributed by atoms with Crippen LogP contribution < -0.4 is 10.6 Å². The van der Waals surface area contributed by atoms with Gasteiger partial charge in [-0.05, 0) is 30.7 Å². The maximum Gasteiger partial charge on any atom is 0.0881 e. The van der Waals surface area contributed by atoms with E-state index >= 15 is 0 Å². The van der Waals surface area contributed by atoms with E-state index in [-0.39, 0.29) is 12.0 Å². The molecule has 1 aromatic rings. The molecule has 0 radical (unpaired) electrons. The quantitative estimate of drug-likeness (QED) is 0.772. The third-order valence-corrected chi connectivity index (χ3v) is 3.56. The van der Waals surface area contributed by atoms with E-state index in [0.29, 0.717) is 5.70 Å². The number of nitrogens with zero attached hydrogens (tertiary/aromatic N) is 1. The molecule has 1 aromatic carbocycles. The minimum atomic E-state index is 0.0284. The van der Waals surface area contributed by atoms with E-state index in [1.807, 2.05) is 26.2 Å². The van der Waals surface area contributed by atoms with Gasteiger partial charge in [-0.15, -0.1) is 0 Å². The van der Waals surface area contributed by atoms with Crippen LogP contribution in [0.2, 0.25) is 0 Å². The molecule has 0 bridgehead atoms. The van der Waals surface area contributed by atoms with Crippen LogP contribution in [0.15, 0.2) is 60.3 Å². The molecule has 0 amide bonds. The zero-order valence-electron chi connectivity index (χ0n) is 14.3. The summed E-state index contributed by atoms with van der Waals surface area (Å²) in [5.74, 6) is 0.255. The minimum Gasteiger partial charge on any atom is -0.399 e. The molecule has 0 spiro atoms. The summed E-state index contributed by atoms with van der Waals surface area (Å²) in [6.45, 7) is 7.87. The fourth-order valence-electron chi connectivity index (χ4n) is 2.41. The highest BCUT2D eigenvalue weighted by atomic mass is 16.5. The molecule has 1 rings (SSSR count). The third-order valence-electron chi connectivity index (χ3n) is 3.56. The first kappa shape index (κ1) is 18.1. The summed E-state index contributed by atoms with van der Waals surface area (Å²) in [4.78, 5) is 2.09. The molecular weight excluding hydrogens is 272 g/mol. The highest BCUT2D eigenvalue weighted by Crippen LogP contribution is 2.28. The van der Waals surface area contributed by atoms with Crippen LogP contribution in [0.3, 0.4) is 0 Å². The van der Waals surface area contributed by atoms with E-state index in [2.05, 4.69) is 55.7 Å².